The molecule has 2 aromatic rings. The van der Waals surface area contributed by atoms with E-state index in [9.17, 15) is 0 Å². The van der Waals surface area contributed by atoms with Gasteiger partial charge in [0.05, 0.1) is 4.21 Å². The molecule has 0 bridgehead atoms. The van der Waals surface area contributed by atoms with Crippen molar-refractivity contribution in [1.29, 1.82) is 0 Å². The smallest absolute Gasteiger partial charge is 0.0646 e. The van der Waals surface area contributed by atoms with Crippen LogP contribution in [0, 0.1) is 0 Å². The molecule has 1 atom stereocenters. The molecule has 1 heterocycles. The van der Waals surface area contributed by atoms with Crippen LogP contribution in [-0.2, 0) is 0 Å². The van der Waals surface area contributed by atoms with E-state index in [1.165, 1.54) is 14.7 Å². The summed E-state index contributed by atoms with van der Waals surface area (Å²) in [5.74, 6) is 0. The SMILES string of the molecule is CCNC(C)c1cc(Br)ccc1Sc1cccs1. The topological polar surface area (TPSA) is 12.0 Å². The quantitative estimate of drug-likeness (QED) is 0.788. The lowest BCUT2D eigenvalue weighted by atomic mass is 10.1. The molecule has 0 radical (unpaired) electrons. The fraction of sp³-hybridized carbons (Fsp3) is 0.286. The van der Waals surface area contributed by atoms with Gasteiger partial charge in [-0.2, -0.15) is 0 Å². The number of nitrogens with one attached hydrogen (secondary N) is 1. The van der Waals surface area contributed by atoms with E-state index >= 15 is 0 Å². The van der Waals surface area contributed by atoms with Crippen LogP contribution in [0.25, 0.3) is 0 Å². The van der Waals surface area contributed by atoms with Gasteiger partial charge in [-0.25, -0.2) is 0 Å². The van der Waals surface area contributed by atoms with Crippen molar-refractivity contribution in [3.05, 3.63) is 45.7 Å². The van der Waals surface area contributed by atoms with Gasteiger partial charge in [0.15, 0.2) is 0 Å². The molecule has 0 spiro atoms. The van der Waals surface area contributed by atoms with Crippen molar-refractivity contribution in [1.82, 2.24) is 5.32 Å². The second-order valence-corrected chi connectivity index (χ2v) is 7.20. The van der Waals surface area contributed by atoms with Crippen molar-refractivity contribution in [2.24, 2.45) is 0 Å². The van der Waals surface area contributed by atoms with Crippen molar-refractivity contribution >= 4 is 39.0 Å². The van der Waals surface area contributed by atoms with Gasteiger partial charge in [0.2, 0.25) is 0 Å². The molecule has 1 unspecified atom stereocenters. The fourth-order valence-corrected chi connectivity index (χ4v) is 4.11. The molecule has 0 aliphatic carbocycles. The molecule has 2 rings (SSSR count). The van der Waals surface area contributed by atoms with Crippen molar-refractivity contribution in [2.45, 2.75) is 29.0 Å². The maximum atomic E-state index is 3.56. The molecular weight excluding hydrogens is 326 g/mol. The van der Waals surface area contributed by atoms with Gasteiger partial charge in [0.1, 0.15) is 0 Å². The minimum absolute atomic E-state index is 0.370. The lowest BCUT2D eigenvalue weighted by molar-refractivity contribution is 0.589. The van der Waals surface area contributed by atoms with Gasteiger partial charge >= 0.3 is 0 Å². The normalized spacial score (nSPS) is 12.6. The maximum Gasteiger partial charge on any atom is 0.0646 e. The molecule has 1 aromatic heterocycles. The Morgan fingerprint density at radius 3 is 2.89 bits per heavy atom. The van der Waals surface area contributed by atoms with Gasteiger partial charge < -0.3 is 5.32 Å². The molecule has 0 fully saturated rings. The average Bonchev–Trinajstić information content (AvgIpc) is 2.84. The largest absolute Gasteiger partial charge is 0.310 e. The molecule has 4 heteroatoms. The fourth-order valence-electron chi connectivity index (χ4n) is 1.80. The molecule has 18 heavy (non-hydrogen) atoms. The standard InChI is InChI=1S/C14H16BrNS2/c1-3-16-10(2)12-9-11(15)6-7-13(12)18-14-5-4-8-17-14/h4-10,16H,3H2,1-2H3. The number of halogens is 1. The first-order valence-corrected chi connectivity index (χ1v) is 8.43. The summed E-state index contributed by atoms with van der Waals surface area (Å²) in [6, 6.07) is 11.1. The summed E-state index contributed by atoms with van der Waals surface area (Å²) >= 11 is 7.19. The van der Waals surface area contributed by atoms with Crippen LogP contribution in [0.2, 0.25) is 0 Å². The number of rotatable bonds is 5. The third-order valence-electron chi connectivity index (χ3n) is 2.65. The Kier molecular flexibility index (Phi) is 5.30. The van der Waals surface area contributed by atoms with E-state index in [-0.39, 0.29) is 0 Å². The summed E-state index contributed by atoms with van der Waals surface area (Å²) in [4.78, 5) is 1.33. The summed E-state index contributed by atoms with van der Waals surface area (Å²) < 4.78 is 2.47. The third-order valence-corrected chi connectivity index (χ3v) is 5.28. The zero-order chi connectivity index (χ0) is 13.0. The summed E-state index contributed by atoms with van der Waals surface area (Å²) in [5.41, 5.74) is 1.35. The Morgan fingerprint density at radius 1 is 1.39 bits per heavy atom. The minimum Gasteiger partial charge on any atom is -0.310 e. The van der Waals surface area contributed by atoms with Gasteiger partial charge in [0, 0.05) is 15.4 Å². The van der Waals surface area contributed by atoms with Crippen molar-refractivity contribution < 1.29 is 0 Å². The number of thiophene rings is 1. The Morgan fingerprint density at radius 2 is 2.22 bits per heavy atom. The van der Waals surface area contributed by atoms with Crippen LogP contribution in [0.3, 0.4) is 0 Å². The Hall–Kier alpha value is -0.290. The van der Waals surface area contributed by atoms with Crippen molar-refractivity contribution in [2.75, 3.05) is 6.54 Å². The first-order chi connectivity index (χ1) is 8.70. The van der Waals surface area contributed by atoms with Crippen LogP contribution >= 0.6 is 39.0 Å². The van der Waals surface area contributed by atoms with Crippen molar-refractivity contribution in [3.63, 3.8) is 0 Å². The highest BCUT2D eigenvalue weighted by molar-refractivity contribution is 9.10. The lowest BCUT2D eigenvalue weighted by Gasteiger charge is -2.17. The van der Waals surface area contributed by atoms with Crippen LogP contribution in [0.4, 0.5) is 0 Å². The van der Waals surface area contributed by atoms with E-state index < -0.39 is 0 Å². The van der Waals surface area contributed by atoms with Crippen LogP contribution in [0.15, 0.2) is 49.3 Å². The van der Waals surface area contributed by atoms with Gasteiger partial charge in [-0.15, -0.1) is 11.3 Å². The van der Waals surface area contributed by atoms with E-state index in [0.717, 1.165) is 11.0 Å². The third kappa shape index (κ3) is 3.60. The first-order valence-electron chi connectivity index (χ1n) is 5.95. The second-order valence-electron chi connectivity index (χ2n) is 4.00. The number of hydrogen-bond acceptors (Lipinski definition) is 3. The van der Waals surface area contributed by atoms with Crippen LogP contribution in [-0.4, -0.2) is 6.54 Å². The summed E-state index contributed by atoms with van der Waals surface area (Å²) in [6.45, 7) is 5.33. The predicted molar refractivity (Wildman–Crippen MR) is 84.7 cm³/mol. The molecule has 0 saturated carbocycles. The van der Waals surface area contributed by atoms with E-state index in [2.05, 4.69) is 70.8 Å². The minimum atomic E-state index is 0.370. The molecule has 1 nitrogen and oxygen atoms in total. The molecular formula is C14H16BrNS2. The molecule has 0 saturated heterocycles. The molecule has 0 aliphatic rings. The highest BCUT2D eigenvalue weighted by Crippen LogP contribution is 2.36. The zero-order valence-electron chi connectivity index (χ0n) is 10.4. The van der Waals surface area contributed by atoms with Crippen LogP contribution in [0.5, 0.6) is 0 Å². The highest BCUT2D eigenvalue weighted by atomic mass is 79.9. The molecule has 1 aromatic carbocycles. The van der Waals surface area contributed by atoms with Crippen molar-refractivity contribution in [3.8, 4) is 0 Å². The summed E-state index contributed by atoms with van der Waals surface area (Å²) in [6.07, 6.45) is 0. The number of hydrogen-bond donors (Lipinski definition) is 1. The van der Waals surface area contributed by atoms with E-state index in [1.807, 2.05) is 11.8 Å². The summed E-state index contributed by atoms with van der Waals surface area (Å²) in [5, 5.41) is 5.60. The molecule has 0 amide bonds. The van der Waals surface area contributed by atoms with Crippen LogP contribution < -0.4 is 5.32 Å². The summed E-state index contributed by atoms with van der Waals surface area (Å²) in [7, 11) is 0. The molecule has 96 valence electrons. The second kappa shape index (κ2) is 6.75. The molecule has 1 N–H and O–H groups in total. The van der Waals surface area contributed by atoms with Gasteiger partial charge in [-0.3, -0.25) is 0 Å². The molecule has 0 aliphatic heterocycles. The Labute approximate surface area is 125 Å². The predicted octanol–water partition coefficient (Wildman–Crippen LogP) is 5.33. The van der Waals surface area contributed by atoms with E-state index in [0.29, 0.717) is 6.04 Å². The van der Waals surface area contributed by atoms with E-state index in [4.69, 9.17) is 0 Å². The first kappa shape index (κ1) is 14.1. The zero-order valence-corrected chi connectivity index (χ0v) is 13.7. The lowest BCUT2D eigenvalue weighted by Crippen LogP contribution is -2.18. The van der Waals surface area contributed by atoms with E-state index in [1.54, 1.807) is 11.3 Å². The van der Waals surface area contributed by atoms with Crippen LogP contribution in [0.1, 0.15) is 25.5 Å². The van der Waals surface area contributed by atoms with Gasteiger partial charge in [0.25, 0.3) is 0 Å². The average molecular weight is 342 g/mol. The van der Waals surface area contributed by atoms with Gasteiger partial charge in [-0.1, -0.05) is 40.7 Å². The highest BCUT2D eigenvalue weighted by Gasteiger charge is 2.11. The Bertz CT molecular complexity index is 497. The number of benzene rings is 1. The monoisotopic (exact) mass is 341 g/mol. The Balaban J connectivity index is 2.28. The maximum absolute atomic E-state index is 3.56. The van der Waals surface area contributed by atoms with Gasteiger partial charge in [-0.05, 0) is 48.7 Å².